The molecule has 1 aliphatic heterocycles. The molecule has 1 fully saturated rings. The highest BCUT2D eigenvalue weighted by atomic mass is 16.6. The van der Waals surface area contributed by atoms with Gasteiger partial charge in [-0.15, -0.1) is 0 Å². The van der Waals surface area contributed by atoms with Gasteiger partial charge in [-0.3, -0.25) is 0 Å². The summed E-state index contributed by atoms with van der Waals surface area (Å²) in [4.78, 5) is 0. The topological polar surface area (TPSA) is 143 Å². The van der Waals surface area contributed by atoms with Gasteiger partial charge in [-0.2, -0.15) is 0 Å². The van der Waals surface area contributed by atoms with E-state index in [1.54, 1.807) is 0 Å². The highest BCUT2D eigenvalue weighted by molar-refractivity contribution is 4.67. The van der Waals surface area contributed by atoms with Crippen LogP contribution in [0.2, 0.25) is 0 Å². The zero-order valence-corrected chi connectivity index (χ0v) is 22.5. The van der Waals surface area contributed by atoms with Crippen molar-refractivity contribution in [3.8, 4) is 0 Å². The molecule has 0 aromatic rings. The fourth-order valence-electron chi connectivity index (χ4n) is 3.25. The molecule has 0 spiro atoms. The van der Waals surface area contributed by atoms with E-state index < -0.39 is 12.2 Å². The molecule has 1 saturated heterocycles. The first kappa shape index (κ1) is 36.8. The second-order valence-corrected chi connectivity index (χ2v) is 9.37. The maximum atomic E-state index is 8.17. The summed E-state index contributed by atoms with van der Waals surface area (Å²) in [7, 11) is 0. The Kier molecular flexibility index (Phi) is 33.4. The Labute approximate surface area is 214 Å². The second-order valence-electron chi connectivity index (χ2n) is 9.37. The van der Waals surface area contributed by atoms with Crippen molar-refractivity contribution < 1.29 is 40.1 Å². The van der Waals surface area contributed by atoms with Crippen LogP contribution in [0.5, 0.6) is 0 Å². The van der Waals surface area contributed by atoms with Crippen LogP contribution in [0.4, 0.5) is 0 Å². The zero-order valence-electron chi connectivity index (χ0n) is 22.5. The van der Waals surface area contributed by atoms with Crippen LogP contribution in [0.25, 0.3) is 0 Å². The lowest BCUT2D eigenvalue weighted by atomic mass is 10.0. The number of aliphatic hydroxyl groups is 6. The average molecular weight is 511 g/mol. The van der Waals surface area contributed by atoms with Gasteiger partial charge < -0.3 is 40.1 Å². The Bertz CT molecular complexity index is 351. The lowest BCUT2D eigenvalue weighted by Gasteiger charge is -2.04. The van der Waals surface area contributed by atoms with Crippen molar-refractivity contribution in [2.75, 3.05) is 46.2 Å². The molecule has 0 aromatic heterocycles. The van der Waals surface area contributed by atoms with E-state index in [2.05, 4.69) is 6.92 Å². The monoisotopic (exact) mass is 510 g/mol. The van der Waals surface area contributed by atoms with E-state index in [0.717, 1.165) is 19.8 Å². The van der Waals surface area contributed by atoms with Gasteiger partial charge in [-0.25, -0.2) is 0 Å². The summed E-state index contributed by atoms with van der Waals surface area (Å²) >= 11 is 0. The first-order valence-electron chi connectivity index (χ1n) is 14.0. The van der Waals surface area contributed by atoms with Crippen LogP contribution < -0.4 is 0 Å². The summed E-state index contributed by atoms with van der Waals surface area (Å²) in [6.07, 6.45) is 21.3. The van der Waals surface area contributed by atoms with Crippen molar-refractivity contribution in [1.82, 2.24) is 0 Å². The molecular formula is C27H58O8. The normalized spacial score (nSPS) is 14.5. The third-order valence-electron chi connectivity index (χ3n) is 5.69. The minimum absolute atomic E-state index is 0.365. The molecule has 6 N–H and O–H groups in total. The van der Waals surface area contributed by atoms with Crippen molar-refractivity contribution >= 4 is 0 Å². The number of hydrogen-bond acceptors (Lipinski definition) is 8. The minimum atomic E-state index is -0.954. The highest BCUT2D eigenvalue weighted by Gasteiger charge is 2.21. The van der Waals surface area contributed by atoms with Gasteiger partial charge >= 0.3 is 0 Å². The summed E-state index contributed by atoms with van der Waals surface area (Å²) < 4.78 is 10.7. The van der Waals surface area contributed by atoms with Crippen molar-refractivity contribution in [1.29, 1.82) is 0 Å². The lowest BCUT2D eigenvalue weighted by Crippen LogP contribution is -2.15. The SMILES string of the molecule is CCCCCCCCCCCCCCCCCCOCC1CO1.OCC(O)CO.OCC(O)CO. The molecule has 214 valence electrons. The number of epoxide rings is 1. The molecule has 0 bridgehead atoms. The number of aliphatic hydroxyl groups excluding tert-OH is 6. The van der Waals surface area contributed by atoms with E-state index in [0.29, 0.717) is 6.10 Å². The Morgan fingerprint density at radius 2 is 0.914 bits per heavy atom. The number of ether oxygens (including phenoxy) is 2. The maximum Gasteiger partial charge on any atom is 0.104 e. The van der Waals surface area contributed by atoms with Crippen molar-refractivity contribution in [3.05, 3.63) is 0 Å². The largest absolute Gasteiger partial charge is 0.394 e. The van der Waals surface area contributed by atoms with E-state index in [-0.39, 0.29) is 26.4 Å². The zero-order chi connectivity index (χ0) is 26.4. The van der Waals surface area contributed by atoms with Gasteiger partial charge in [0, 0.05) is 6.61 Å². The first-order chi connectivity index (χ1) is 17.0. The molecule has 8 nitrogen and oxygen atoms in total. The predicted octanol–water partition coefficient (Wildman–Crippen LogP) is 3.33. The van der Waals surface area contributed by atoms with Crippen LogP contribution in [0.15, 0.2) is 0 Å². The summed E-state index contributed by atoms with van der Waals surface area (Å²) in [6, 6.07) is 0. The van der Waals surface area contributed by atoms with E-state index in [9.17, 15) is 0 Å². The van der Waals surface area contributed by atoms with Gasteiger partial charge in [0.05, 0.1) is 39.6 Å². The molecule has 0 aliphatic carbocycles. The summed E-state index contributed by atoms with van der Waals surface area (Å²) in [6.45, 7) is 3.50. The second kappa shape index (κ2) is 31.7. The van der Waals surface area contributed by atoms with Crippen LogP contribution in [-0.4, -0.2) is 95.2 Å². The Morgan fingerprint density at radius 1 is 0.600 bits per heavy atom. The van der Waals surface area contributed by atoms with Gasteiger partial charge in [0.1, 0.15) is 18.3 Å². The molecule has 35 heavy (non-hydrogen) atoms. The fourth-order valence-corrected chi connectivity index (χ4v) is 3.25. The van der Waals surface area contributed by atoms with E-state index in [1.165, 1.54) is 103 Å². The number of unbranched alkanes of at least 4 members (excludes halogenated alkanes) is 15. The third-order valence-corrected chi connectivity index (χ3v) is 5.69. The van der Waals surface area contributed by atoms with Crippen molar-refractivity contribution in [2.24, 2.45) is 0 Å². The van der Waals surface area contributed by atoms with Gasteiger partial charge in [0.25, 0.3) is 0 Å². The minimum Gasteiger partial charge on any atom is -0.394 e. The highest BCUT2D eigenvalue weighted by Crippen LogP contribution is 2.14. The molecule has 0 radical (unpaired) electrons. The molecule has 0 aromatic carbocycles. The maximum absolute atomic E-state index is 8.17. The summed E-state index contributed by atoms with van der Waals surface area (Å²) in [5.41, 5.74) is 0. The Morgan fingerprint density at radius 3 is 1.17 bits per heavy atom. The van der Waals surface area contributed by atoms with Gasteiger partial charge in [0.2, 0.25) is 0 Å². The summed E-state index contributed by atoms with van der Waals surface area (Å²) in [5, 5.41) is 48.0. The Hall–Kier alpha value is -0.320. The number of hydrogen-bond donors (Lipinski definition) is 6. The molecule has 1 unspecified atom stereocenters. The van der Waals surface area contributed by atoms with Crippen LogP contribution in [0, 0.1) is 0 Å². The lowest BCUT2D eigenvalue weighted by molar-refractivity contribution is 0.0450. The molecule has 0 amide bonds. The molecule has 1 aliphatic rings. The van der Waals surface area contributed by atoms with Crippen LogP contribution >= 0.6 is 0 Å². The van der Waals surface area contributed by atoms with E-state index >= 15 is 0 Å². The molecule has 1 rings (SSSR count). The van der Waals surface area contributed by atoms with Crippen LogP contribution in [0.3, 0.4) is 0 Å². The predicted molar refractivity (Wildman–Crippen MR) is 140 cm³/mol. The summed E-state index contributed by atoms with van der Waals surface area (Å²) in [5.74, 6) is 0. The smallest absolute Gasteiger partial charge is 0.104 e. The van der Waals surface area contributed by atoms with Crippen LogP contribution in [-0.2, 0) is 9.47 Å². The van der Waals surface area contributed by atoms with E-state index in [1.807, 2.05) is 0 Å². The quantitative estimate of drug-likeness (QED) is 0.0907. The molecule has 8 heteroatoms. The van der Waals surface area contributed by atoms with Gasteiger partial charge in [-0.05, 0) is 6.42 Å². The van der Waals surface area contributed by atoms with E-state index in [4.69, 9.17) is 40.1 Å². The molecule has 0 saturated carbocycles. The fraction of sp³-hybridized carbons (Fsp3) is 1.00. The van der Waals surface area contributed by atoms with Crippen LogP contribution in [0.1, 0.15) is 110 Å². The molecule has 1 heterocycles. The van der Waals surface area contributed by atoms with Gasteiger partial charge in [0.15, 0.2) is 0 Å². The Balaban J connectivity index is 0. The average Bonchev–Trinajstić information content (AvgIpc) is 3.72. The standard InChI is InChI=1S/C21H42O2.2C3H8O3/c1-2-3-4-5-6-7-8-9-10-11-12-13-14-15-16-17-18-22-19-21-20-23-21;2*4-1-3(6)2-5/h21H,2-20H2,1H3;2*3-6H,1-2H2. The molecule has 1 atom stereocenters. The molecular weight excluding hydrogens is 452 g/mol. The first-order valence-corrected chi connectivity index (χ1v) is 14.0. The van der Waals surface area contributed by atoms with Crippen molar-refractivity contribution in [3.63, 3.8) is 0 Å². The van der Waals surface area contributed by atoms with Crippen molar-refractivity contribution in [2.45, 2.75) is 128 Å². The number of rotatable bonds is 23. The van der Waals surface area contributed by atoms with Gasteiger partial charge in [-0.1, -0.05) is 103 Å². The third kappa shape index (κ3) is 35.9.